The molecule has 0 heterocycles. The van der Waals surface area contributed by atoms with E-state index in [0.717, 1.165) is 12.0 Å². The Balaban J connectivity index is 2.58. The van der Waals surface area contributed by atoms with Crippen LogP contribution in [0.5, 0.6) is 0 Å². The van der Waals surface area contributed by atoms with E-state index in [-0.39, 0.29) is 43.6 Å². The summed E-state index contributed by atoms with van der Waals surface area (Å²) in [6.07, 6.45) is 2.68. The van der Waals surface area contributed by atoms with E-state index >= 15 is 0 Å². The van der Waals surface area contributed by atoms with E-state index in [4.69, 9.17) is 5.73 Å². The third kappa shape index (κ3) is 13.8. The lowest BCUT2D eigenvalue weighted by Crippen LogP contribution is -2.52. The first-order valence-electron chi connectivity index (χ1n) is 12.4. The lowest BCUT2D eigenvalue weighted by molar-refractivity contribution is -0.130. The van der Waals surface area contributed by atoms with E-state index in [1.54, 1.807) is 0 Å². The number of hydrogen-bond acceptors (Lipinski definition) is 8. The number of carbonyl (C=O) groups excluding carboxylic acids is 5. The van der Waals surface area contributed by atoms with Crippen LogP contribution >= 0.6 is 12.8 Å². The summed E-state index contributed by atoms with van der Waals surface area (Å²) >= 11 is 3.89. The van der Waals surface area contributed by atoms with Gasteiger partial charge in [0.2, 0.25) is 23.6 Å². The van der Waals surface area contributed by atoms with Gasteiger partial charge in [-0.3, -0.25) is 23.9 Å². The van der Waals surface area contributed by atoms with Crippen LogP contribution in [-0.4, -0.2) is 74.9 Å². The van der Waals surface area contributed by atoms with E-state index in [1.165, 1.54) is 14.8 Å². The molecule has 0 saturated heterocycles. The highest BCUT2D eigenvalue weighted by molar-refractivity contribution is 7.78. The molecule has 0 aliphatic carbocycles. The Labute approximate surface area is 224 Å². The topological polar surface area (TPSA) is 172 Å². The maximum absolute atomic E-state index is 12.9. The highest BCUT2D eigenvalue weighted by Crippen LogP contribution is 2.08. The van der Waals surface area contributed by atoms with Crippen LogP contribution in [0, 0.1) is 0 Å². The van der Waals surface area contributed by atoms with Gasteiger partial charge in [-0.05, 0) is 37.7 Å². The number of carbonyl (C=O) groups is 5. The molecule has 204 valence electrons. The molecule has 0 aliphatic rings. The molecule has 0 radical (unpaired) electrons. The van der Waals surface area contributed by atoms with Crippen molar-refractivity contribution in [3.05, 3.63) is 35.9 Å². The Hall–Kier alpha value is -2.90. The molecule has 0 bridgehead atoms. The molecule has 0 aliphatic heterocycles. The largest absolute Gasteiger partial charge is 0.354 e. The highest BCUT2D eigenvalue weighted by Gasteiger charge is 2.24. The first-order valence-corrected chi connectivity index (χ1v) is 12.9. The van der Waals surface area contributed by atoms with Gasteiger partial charge in [-0.1, -0.05) is 43.1 Å². The van der Waals surface area contributed by atoms with Gasteiger partial charge in [0, 0.05) is 33.0 Å². The summed E-state index contributed by atoms with van der Waals surface area (Å²) in [4.78, 5) is 60.9. The second-order valence-electron chi connectivity index (χ2n) is 8.76. The fourth-order valence-corrected chi connectivity index (χ4v) is 3.84. The predicted octanol–water partition coefficient (Wildman–Crippen LogP) is -1.68. The number of amides is 4. The van der Waals surface area contributed by atoms with Gasteiger partial charge in [0.1, 0.15) is 17.8 Å². The summed E-state index contributed by atoms with van der Waals surface area (Å²) < 4.78 is 2.55. The van der Waals surface area contributed by atoms with E-state index < -0.39 is 29.9 Å². The van der Waals surface area contributed by atoms with Crippen LogP contribution in [0.1, 0.15) is 44.6 Å². The minimum atomic E-state index is -0.825. The molecule has 11 nitrogen and oxygen atoms in total. The number of hydrogen-bond donors (Lipinski definition) is 7. The molecular formula is C24H39BN6O5S. The molecule has 3 atom stereocenters. The normalized spacial score (nSPS) is 13.1. The number of nitrogens with two attached hydrogens (primary N) is 1. The molecule has 0 saturated carbocycles. The van der Waals surface area contributed by atoms with Crippen molar-refractivity contribution in [1.29, 1.82) is 0 Å². The van der Waals surface area contributed by atoms with Gasteiger partial charge in [0.05, 0.1) is 6.04 Å². The summed E-state index contributed by atoms with van der Waals surface area (Å²) in [6, 6.07) is 7.50. The zero-order valence-corrected chi connectivity index (χ0v) is 22.4. The van der Waals surface area contributed by atoms with Crippen LogP contribution in [0.15, 0.2) is 30.3 Å². The summed E-state index contributed by atoms with van der Waals surface area (Å²) in [5.41, 5.74) is 6.27. The van der Waals surface area contributed by atoms with Crippen LogP contribution in [0.2, 0.25) is 0 Å². The molecule has 1 aromatic carbocycles. The van der Waals surface area contributed by atoms with Gasteiger partial charge in [-0.25, -0.2) is 0 Å². The maximum Gasteiger partial charge on any atom is 0.243 e. The minimum Gasteiger partial charge on any atom is -0.354 e. The van der Waals surface area contributed by atoms with Crippen molar-refractivity contribution >= 4 is 50.0 Å². The van der Waals surface area contributed by atoms with Crippen LogP contribution in [0.25, 0.3) is 0 Å². The number of benzene rings is 1. The van der Waals surface area contributed by atoms with E-state index in [1.807, 2.05) is 30.3 Å². The van der Waals surface area contributed by atoms with E-state index in [9.17, 15) is 24.0 Å². The first-order chi connectivity index (χ1) is 17.7. The van der Waals surface area contributed by atoms with Gasteiger partial charge in [0.15, 0.2) is 7.85 Å². The van der Waals surface area contributed by atoms with Crippen LogP contribution in [-0.2, 0) is 30.4 Å². The number of rotatable bonds is 18. The van der Waals surface area contributed by atoms with Gasteiger partial charge >= 0.3 is 0 Å². The second-order valence-corrected chi connectivity index (χ2v) is 9.07. The summed E-state index contributed by atoms with van der Waals surface area (Å²) in [5, 5.41) is 10.7. The lowest BCUT2D eigenvalue weighted by atomic mass is 9.91. The fraction of sp³-hybridized carbons (Fsp3) is 0.542. The van der Waals surface area contributed by atoms with Crippen molar-refractivity contribution in [2.75, 3.05) is 19.6 Å². The van der Waals surface area contributed by atoms with Gasteiger partial charge in [-0.15, -0.1) is 0 Å². The average Bonchev–Trinajstić information content (AvgIpc) is 2.85. The Morgan fingerprint density at radius 3 is 2.19 bits per heavy atom. The molecular weight excluding hydrogens is 495 g/mol. The lowest BCUT2D eigenvalue weighted by Gasteiger charge is -2.22. The molecule has 13 heteroatoms. The standard InChI is InChI=1S/C24H39BN6O5S/c1-16(32)29-19(10-5-9-17-7-3-2-4-8-17)24(36)31-18(22(25)34)11-6-14-27-23(35)20(15-28-37)30-21(33)12-13-26/h2-4,7-8,18-20,28,37H,5-6,9-15,25-26H2,1H3,(H,27,35)(H,29,32)(H,30,33)(H,31,36)/t18-,19-,20+/m0/s1. The second kappa shape index (κ2) is 18.4. The van der Waals surface area contributed by atoms with Crippen molar-refractivity contribution < 1.29 is 24.0 Å². The summed E-state index contributed by atoms with van der Waals surface area (Å²) in [6.45, 7) is 1.87. The minimum absolute atomic E-state index is 0.0993. The molecule has 1 rings (SSSR count). The molecule has 0 unspecified atom stereocenters. The molecule has 0 spiro atoms. The number of aryl methyl sites for hydroxylation is 1. The first kappa shape index (κ1) is 32.1. The van der Waals surface area contributed by atoms with E-state index in [0.29, 0.717) is 25.7 Å². The van der Waals surface area contributed by atoms with Gasteiger partial charge in [0.25, 0.3) is 0 Å². The van der Waals surface area contributed by atoms with Crippen molar-refractivity contribution in [2.45, 2.75) is 63.6 Å². The number of thiol groups is 1. The third-order valence-corrected chi connectivity index (χ3v) is 5.77. The zero-order valence-electron chi connectivity index (χ0n) is 21.5. The highest BCUT2D eigenvalue weighted by atomic mass is 32.1. The SMILES string of the molecule is BC(=O)[C@H](CCCNC(=O)[C@@H](CNS)NC(=O)CCN)NC(=O)[C@H](CCCc1ccccc1)NC(C)=O. The molecule has 1 aromatic rings. The average molecular weight is 534 g/mol. The molecule has 0 fully saturated rings. The molecule has 7 N–H and O–H groups in total. The van der Waals surface area contributed by atoms with Crippen molar-refractivity contribution in [3.8, 4) is 0 Å². The van der Waals surface area contributed by atoms with Crippen molar-refractivity contribution in [3.63, 3.8) is 0 Å². The van der Waals surface area contributed by atoms with Crippen LogP contribution in [0.3, 0.4) is 0 Å². The third-order valence-electron chi connectivity index (χ3n) is 5.59. The van der Waals surface area contributed by atoms with Crippen LogP contribution in [0.4, 0.5) is 0 Å². The number of nitrogens with one attached hydrogen (secondary N) is 5. The predicted molar refractivity (Wildman–Crippen MR) is 147 cm³/mol. The van der Waals surface area contributed by atoms with Crippen molar-refractivity contribution in [2.24, 2.45) is 5.73 Å². The quantitative estimate of drug-likeness (QED) is 0.0670. The Morgan fingerprint density at radius 2 is 1.59 bits per heavy atom. The fourth-order valence-electron chi connectivity index (χ4n) is 3.66. The monoisotopic (exact) mass is 534 g/mol. The van der Waals surface area contributed by atoms with Gasteiger partial charge in [-0.2, -0.15) is 0 Å². The smallest absolute Gasteiger partial charge is 0.243 e. The van der Waals surface area contributed by atoms with Crippen LogP contribution < -0.4 is 31.7 Å². The molecule has 4 amide bonds. The Morgan fingerprint density at radius 1 is 0.919 bits per heavy atom. The zero-order chi connectivity index (χ0) is 27.6. The van der Waals surface area contributed by atoms with Crippen molar-refractivity contribution in [1.82, 2.24) is 26.0 Å². The Bertz CT molecular complexity index is 892. The van der Waals surface area contributed by atoms with E-state index in [2.05, 4.69) is 38.8 Å². The van der Waals surface area contributed by atoms with Gasteiger partial charge < -0.3 is 31.8 Å². The maximum atomic E-state index is 12.9. The molecule has 37 heavy (non-hydrogen) atoms. The summed E-state index contributed by atoms with van der Waals surface area (Å²) in [7, 11) is 1.38. The molecule has 0 aromatic heterocycles. The summed E-state index contributed by atoms with van der Waals surface area (Å²) in [5.74, 6) is -1.50. The Kier molecular flexibility index (Phi) is 15.9.